The fourth-order valence-corrected chi connectivity index (χ4v) is 2.69. The molecule has 1 amide bonds. The number of aryl methyl sites for hydroxylation is 1. The van der Waals surface area contributed by atoms with Crippen LogP contribution < -0.4 is 15.2 Å². The van der Waals surface area contributed by atoms with Gasteiger partial charge in [0.05, 0.1) is 6.10 Å². The van der Waals surface area contributed by atoms with Crippen LogP contribution in [0, 0.1) is 0 Å². The van der Waals surface area contributed by atoms with Crippen LogP contribution in [0.2, 0.25) is 0 Å². The molecule has 1 aromatic heterocycles. The molecule has 3 N–H and O–H groups in total. The van der Waals surface area contributed by atoms with Gasteiger partial charge in [-0.2, -0.15) is 0 Å². The Bertz CT molecular complexity index is 899. The molecule has 0 saturated heterocycles. The highest BCUT2D eigenvalue weighted by Gasteiger charge is 2.07. The molecule has 0 aliphatic carbocycles. The van der Waals surface area contributed by atoms with Crippen LogP contribution in [0.15, 0.2) is 60.9 Å². The Morgan fingerprint density at radius 1 is 1.07 bits per heavy atom. The molecule has 0 aliphatic heterocycles. The number of amides is 1. The monoisotopic (exact) mass is 366 g/mol. The Morgan fingerprint density at radius 2 is 1.78 bits per heavy atom. The number of carbonyl (C=O) groups excluding carboxylic acids is 1. The highest BCUT2D eigenvalue weighted by molar-refractivity contribution is 5.85. The summed E-state index contributed by atoms with van der Waals surface area (Å²) in [4.78, 5) is 14.9. The average molecular weight is 366 g/mol. The number of carbonyl (C=O) groups is 1. The van der Waals surface area contributed by atoms with Gasteiger partial charge in [0.1, 0.15) is 18.1 Å². The van der Waals surface area contributed by atoms with Crippen LogP contribution in [0.4, 0.5) is 0 Å². The fourth-order valence-electron chi connectivity index (χ4n) is 2.69. The number of fused-ring (bicyclic) bond motifs is 1. The lowest BCUT2D eigenvalue weighted by atomic mass is 10.1. The van der Waals surface area contributed by atoms with Crippen LogP contribution in [-0.4, -0.2) is 35.3 Å². The second-order valence-corrected chi connectivity index (χ2v) is 6.29. The predicted molar refractivity (Wildman–Crippen MR) is 103 cm³/mol. The van der Waals surface area contributed by atoms with E-state index < -0.39 is 12.0 Å². The highest BCUT2D eigenvalue weighted by Crippen LogP contribution is 2.25. The van der Waals surface area contributed by atoms with Crippen LogP contribution in [0.5, 0.6) is 11.5 Å². The SMILES string of the molecule is NC(=O)COc1ccc2cc(OC[C@H](O)CCc3cccnc3)ccc2c1. The summed E-state index contributed by atoms with van der Waals surface area (Å²) in [6, 6.07) is 15.0. The van der Waals surface area contributed by atoms with Crippen molar-refractivity contribution in [3.8, 4) is 11.5 Å². The molecule has 0 spiro atoms. The summed E-state index contributed by atoms with van der Waals surface area (Å²) in [7, 11) is 0. The number of primary amides is 1. The van der Waals surface area contributed by atoms with Gasteiger partial charge in [0.25, 0.3) is 5.91 Å². The second kappa shape index (κ2) is 9.00. The van der Waals surface area contributed by atoms with Crippen molar-refractivity contribution in [3.05, 3.63) is 66.5 Å². The Labute approximate surface area is 157 Å². The standard InChI is InChI=1S/C21H22N2O4/c22-21(25)14-27-20-8-5-16-10-19(7-4-17(16)11-20)26-13-18(24)6-3-15-2-1-9-23-12-15/h1-2,4-5,7-12,18,24H,3,6,13-14H2,(H2,22,25)/t18-/m1/s1. The molecule has 0 bridgehead atoms. The van der Waals surface area contributed by atoms with E-state index >= 15 is 0 Å². The Kier molecular flexibility index (Phi) is 6.22. The minimum Gasteiger partial charge on any atom is -0.491 e. The molecule has 0 aliphatic rings. The van der Waals surface area contributed by atoms with E-state index in [-0.39, 0.29) is 13.2 Å². The summed E-state index contributed by atoms with van der Waals surface area (Å²) in [5.41, 5.74) is 6.18. The van der Waals surface area contributed by atoms with E-state index in [9.17, 15) is 9.90 Å². The van der Waals surface area contributed by atoms with Gasteiger partial charge in [0.15, 0.2) is 6.61 Å². The van der Waals surface area contributed by atoms with E-state index in [1.807, 2.05) is 42.5 Å². The van der Waals surface area contributed by atoms with E-state index in [0.717, 1.165) is 22.8 Å². The Morgan fingerprint density at radius 3 is 2.41 bits per heavy atom. The molecule has 2 aromatic carbocycles. The van der Waals surface area contributed by atoms with Gasteiger partial charge in [-0.3, -0.25) is 9.78 Å². The number of nitrogens with two attached hydrogens (primary N) is 1. The molecule has 3 aromatic rings. The highest BCUT2D eigenvalue weighted by atomic mass is 16.5. The summed E-state index contributed by atoms with van der Waals surface area (Å²) >= 11 is 0. The molecule has 3 rings (SSSR count). The van der Waals surface area contributed by atoms with Crippen LogP contribution in [0.3, 0.4) is 0 Å². The lowest BCUT2D eigenvalue weighted by Crippen LogP contribution is -2.19. The van der Waals surface area contributed by atoms with E-state index in [4.69, 9.17) is 15.2 Å². The number of hydrogen-bond acceptors (Lipinski definition) is 5. The number of ether oxygens (including phenoxy) is 2. The minimum atomic E-state index is -0.550. The fraction of sp³-hybridized carbons (Fsp3) is 0.238. The molecular weight excluding hydrogens is 344 g/mol. The number of pyridine rings is 1. The third kappa shape index (κ3) is 5.69. The van der Waals surface area contributed by atoms with Gasteiger partial charge >= 0.3 is 0 Å². The summed E-state index contributed by atoms with van der Waals surface area (Å²) in [5.74, 6) is 0.760. The van der Waals surface area contributed by atoms with Crippen molar-refractivity contribution in [3.63, 3.8) is 0 Å². The average Bonchev–Trinajstić information content (AvgIpc) is 2.69. The van der Waals surface area contributed by atoms with Crippen LogP contribution in [-0.2, 0) is 11.2 Å². The van der Waals surface area contributed by atoms with E-state index in [2.05, 4.69) is 4.98 Å². The first-order valence-electron chi connectivity index (χ1n) is 8.75. The lowest BCUT2D eigenvalue weighted by molar-refractivity contribution is -0.119. The summed E-state index contributed by atoms with van der Waals surface area (Å²) in [6.45, 7) is 0.0786. The number of aliphatic hydroxyl groups excluding tert-OH is 1. The zero-order chi connectivity index (χ0) is 19.1. The lowest BCUT2D eigenvalue weighted by Gasteiger charge is -2.13. The predicted octanol–water partition coefficient (Wildman–Crippen LogP) is 2.47. The molecule has 0 radical (unpaired) electrons. The molecule has 27 heavy (non-hydrogen) atoms. The van der Waals surface area contributed by atoms with E-state index in [0.29, 0.717) is 17.9 Å². The summed E-state index contributed by atoms with van der Waals surface area (Å²) in [5, 5.41) is 12.1. The van der Waals surface area contributed by atoms with Gasteiger partial charge in [0.2, 0.25) is 0 Å². The topological polar surface area (TPSA) is 94.7 Å². The molecule has 0 unspecified atom stereocenters. The zero-order valence-corrected chi connectivity index (χ0v) is 14.9. The second-order valence-electron chi connectivity index (χ2n) is 6.29. The first-order chi connectivity index (χ1) is 13.1. The van der Waals surface area contributed by atoms with Gasteiger partial charge in [0, 0.05) is 12.4 Å². The quantitative estimate of drug-likeness (QED) is 0.607. The maximum Gasteiger partial charge on any atom is 0.255 e. The number of hydrogen-bond donors (Lipinski definition) is 2. The first kappa shape index (κ1) is 18.7. The normalized spacial score (nSPS) is 11.9. The third-order valence-electron chi connectivity index (χ3n) is 4.10. The maximum atomic E-state index is 10.8. The smallest absolute Gasteiger partial charge is 0.255 e. The molecule has 1 heterocycles. The van der Waals surface area contributed by atoms with E-state index in [1.54, 1.807) is 18.5 Å². The Balaban J connectivity index is 1.54. The summed E-state index contributed by atoms with van der Waals surface area (Å²) < 4.78 is 11.0. The number of aromatic nitrogens is 1. The van der Waals surface area contributed by atoms with Crippen molar-refractivity contribution in [2.75, 3.05) is 13.2 Å². The van der Waals surface area contributed by atoms with Crippen LogP contribution in [0.1, 0.15) is 12.0 Å². The van der Waals surface area contributed by atoms with Gasteiger partial charge in [-0.15, -0.1) is 0 Å². The van der Waals surface area contributed by atoms with Crippen molar-refractivity contribution < 1.29 is 19.4 Å². The molecule has 0 fully saturated rings. The largest absolute Gasteiger partial charge is 0.491 e. The van der Waals surface area contributed by atoms with Crippen molar-refractivity contribution in [2.45, 2.75) is 18.9 Å². The van der Waals surface area contributed by atoms with Crippen molar-refractivity contribution in [2.24, 2.45) is 5.73 Å². The Hall–Kier alpha value is -3.12. The maximum absolute atomic E-state index is 10.8. The molecule has 140 valence electrons. The van der Waals surface area contributed by atoms with Crippen LogP contribution >= 0.6 is 0 Å². The molecule has 0 saturated carbocycles. The minimum absolute atomic E-state index is 0.149. The van der Waals surface area contributed by atoms with Crippen LogP contribution in [0.25, 0.3) is 10.8 Å². The van der Waals surface area contributed by atoms with Gasteiger partial charge < -0.3 is 20.3 Å². The first-order valence-corrected chi connectivity index (χ1v) is 8.75. The zero-order valence-electron chi connectivity index (χ0n) is 14.9. The molecular formula is C21H22N2O4. The number of aliphatic hydroxyl groups is 1. The molecule has 6 nitrogen and oxygen atoms in total. The van der Waals surface area contributed by atoms with Gasteiger partial charge in [-0.1, -0.05) is 18.2 Å². The van der Waals surface area contributed by atoms with Gasteiger partial charge in [-0.05, 0) is 59.5 Å². The third-order valence-corrected chi connectivity index (χ3v) is 4.10. The number of rotatable bonds is 9. The van der Waals surface area contributed by atoms with Crippen molar-refractivity contribution in [1.29, 1.82) is 0 Å². The van der Waals surface area contributed by atoms with Crippen molar-refractivity contribution in [1.82, 2.24) is 4.98 Å². The van der Waals surface area contributed by atoms with E-state index in [1.165, 1.54) is 0 Å². The number of nitrogens with zero attached hydrogens (tertiary/aromatic N) is 1. The van der Waals surface area contributed by atoms with Gasteiger partial charge in [-0.25, -0.2) is 0 Å². The summed E-state index contributed by atoms with van der Waals surface area (Å²) in [6.07, 6.45) is 4.35. The van der Waals surface area contributed by atoms with Crippen molar-refractivity contribution >= 4 is 16.7 Å². The number of benzene rings is 2. The molecule has 1 atom stereocenters. The molecule has 6 heteroatoms.